The average Bonchev–Trinajstić information content (AvgIpc) is 2.39. The highest BCUT2D eigenvalue weighted by Crippen LogP contribution is 2.21. The van der Waals surface area contributed by atoms with Gasteiger partial charge >= 0.3 is 0 Å². The zero-order chi connectivity index (χ0) is 13.0. The van der Waals surface area contributed by atoms with Gasteiger partial charge in [0, 0.05) is 24.7 Å². The van der Waals surface area contributed by atoms with Crippen LogP contribution < -0.4 is 5.32 Å². The summed E-state index contributed by atoms with van der Waals surface area (Å²) in [6.45, 7) is 1.97. The molecule has 0 saturated heterocycles. The highest BCUT2D eigenvalue weighted by Gasteiger charge is 2.13. The molecule has 2 aromatic carbocycles. The lowest BCUT2D eigenvalue weighted by molar-refractivity contribution is 0.0993. The molecule has 0 aliphatic carbocycles. The molecule has 0 amide bonds. The number of aryl methyl sites for hydroxylation is 1. The maximum Gasteiger partial charge on any atom is 0.169 e. The topological polar surface area (TPSA) is 29.1 Å². The fourth-order valence-electron chi connectivity index (χ4n) is 2.12. The van der Waals surface area contributed by atoms with Gasteiger partial charge in [-0.25, -0.2) is 0 Å². The summed E-state index contributed by atoms with van der Waals surface area (Å²) in [4.78, 5) is 12.4. The first kappa shape index (κ1) is 12.4. The summed E-state index contributed by atoms with van der Waals surface area (Å²) >= 11 is 0. The van der Waals surface area contributed by atoms with Gasteiger partial charge in [0.05, 0.1) is 0 Å². The molecule has 0 spiro atoms. The van der Waals surface area contributed by atoms with Crippen LogP contribution >= 0.6 is 0 Å². The van der Waals surface area contributed by atoms with E-state index in [0.29, 0.717) is 6.42 Å². The van der Waals surface area contributed by atoms with E-state index in [4.69, 9.17) is 0 Å². The minimum absolute atomic E-state index is 0.156. The van der Waals surface area contributed by atoms with Crippen LogP contribution in [0.1, 0.15) is 21.5 Å². The Morgan fingerprint density at radius 2 is 1.78 bits per heavy atom. The molecule has 0 unspecified atom stereocenters. The molecule has 0 aliphatic heterocycles. The molecule has 1 N–H and O–H groups in total. The van der Waals surface area contributed by atoms with Crippen molar-refractivity contribution in [3.63, 3.8) is 0 Å². The van der Waals surface area contributed by atoms with Crippen molar-refractivity contribution in [2.45, 2.75) is 13.3 Å². The van der Waals surface area contributed by atoms with Gasteiger partial charge in [0.25, 0.3) is 0 Å². The SMILES string of the molecule is CNc1cccc(C)c1C(=O)Cc1ccccc1. The van der Waals surface area contributed by atoms with E-state index in [1.165, 1.54) is 0 Å². The Morgan fingerprint density at radius 3 is 2.44 bits per heavy atom. The van der Waals surface area contributed by atoms with Crippen LogP contribution in [0, 0.1) is 6.92 Å². The van der Waals surface area contributed by atoms with E-state index in [9.17, 15) is 4.79 Å². The van der Waals surface area contributed by atoms with Crippen molar-refractivity contribution in [2.24, 2.45) is 0 Å². The second-order valence-corrected chi connectivity index (χ2v) is 4.33. The normalized spacial score (nSPS) is 10.1. The molecule has 2 rings (SSSR count). The molecule has 0 heterocycles. The van der Waals surface area contributed by atoms with Gasteiger partial charge in [0.1, 0.15) is 0 Å². The predicted molar refractivity (Wildman–Crippen MR) is 75.2 cm³/mol. The number of rotatable bonds is 4. The van der Waals surface area contributed by atoms with E-state index >= 15 is 0 Å². The molecule has 92 valence electrons. The molecular formula is C16H17NO. The fraction of sp³-hybridized carbons (Fsp3) is 0.188. The largest absolute Gasteiger partial charge is 0.388 e. The predicted octanol–water partition coefficient (Wildman–Crippen LogP) is 3.46. The van der Waals surface area contributed by atoms with E-state index in [0.717, 1.165) is 22.4 Å². The van der Waals surface area contributed by atoms with Crippen LogP contribution in [0.5, 0.6) is 0 Å². The quantitative estimate of drug-likeness (QED) is 0.828. The highest BCUT2D eigenvalue weighted by molar-refractivity contribution is 6.03. The standard InChI is InChI=1S/C16H17NO/c1-12-7-6-10-14(17-2)16(12)15(18)11-13-8-4-3-5-9-13/h3-10,17H,11H2,1-2H3. The van der Waals surface area contributed by atoms with Crippen molar-refractivity contribution in [3.8, 4) is 0 Å². The van der Waals surface area contributed by atoms with Crippen LogP contribution in [0.3, 0.4) is 0 Å². The van der Waals surface area contributed by atoms with Gasteiger partial charge < -0.3 is 5.32 Å². The minimum atomic E-state index is 0.156. The molecule has 0 radical (unpaired) electrons. The van der Waals surface area contributed by atoms with Gasteiger partial charge in [-0.05, 0) is 24.1 Å². The summed E-state index contributed by atoms with van der Waals surface area (Å²) in [7, 11) is 1.84. The Kier molecular flexibility index (Phi) is 3.78. The van der Waals surface area contributed by atoms with Gasteiger partial charge in [-0.3, -0.25) is 4.79 Å². The van der Waals surface area contributed by atoms with Crippen LogP contribution in [-0.4, -0.2) is 12.8 Å². The molecule has 0 saturated carbocycles. The van der Waals surface area contributed by atoms with Gasteiger partial charge in [-0.1, -0.05) is 42.5 Å². The second kappa shape index (κ2) is 5.50. The van der Waals surface area contributed by atoms with Crippen molar-refractivity contribution in [1.29, 1.82) is 0 Å². The third-order valence-corrected chi connectivity index (χ3v) is 3.03. The maximum absolute atomic E-state index is 12.4. The number of hydrogen-bond donors (Lipinski definition) is 1. The number of ketones is 1. The van der Waals surface area contributed by atoms with Crippen LogP contribution in [0.25, 0.3) is 0 Å². The molecule has 0 atom stereocenters. The number of nitrogens with one attached hydrogen (secondary N) is 1. The van der Waals surface area contributed by atoms with E-state index in [2.05, 4.69) is 5.32 Å². The Hall–Kier alpha value is -2.09. The fourth-order valence-corrected chi connectivity index (χ4v) is 2.12. The number of carbonyl (C=O) groups excluding carboxylic acids is 1. The molecule has 18 heavy (non-hydrogen) atoms. The van der Waals surface area contributed by atoms with Gasteiger partial charge in [0.15, 0.2) is 5.78 Å². The summed E-state index contributed by atoms with van der Waals surface area (Å²) < 4.78 is 0. The number of hydrogen-bond acceptors (Lipinski definition) is 2. The van der Waals surface area contributed by atoms with Gasteiger partial charge in [0.2, 0.25) is 0 Å². The maximum atomic E-state index is 12.4. The van der Waals surface area contributed by atoms with Gasteiger partial charge in [-0.2, -0.15) is 0 Å². The highest BCUT2D eigenvalue weighted by atomic mass is 16.1. The monoisotopic (exact) mass is 239 g/mol. The van der Waals surface area contributed by atoms with Crippen molar-refractivity contribution < 1.29 is 4.79 Å². The molecule has 2 nitrogen and oxygen atoms in total. The van der Waals surface area contributed by atoms with E-state index < -0.39 is 0 Å². The summed E-state index contributed by atoms with van der Waals surface area (Å²) in [5.74, 6) is 0.156. The number of benzene rings is 2. The second-order valence-electron chi connectivity index (χ2n) is 4.33. The summed E-state index contributed by atoms with van der Waals surface area (Å²) in [5, 5.41) is 3.08. The first-order valence-corrected chi connectivity index (χ1v) is 6.07. The van der Waals surface area contributed by atoms with E-state index in [-0.39, 0.29) is 5.78 Å². The zero-order valence-corrected chi connectivity index (χ0v) is 10.7. The van der Waals surface area contributed by atoms with Crippen molar-refractivity contribution >= 4 is 11.5 Å². The third kappa shape index (κ3) is 2.59. The summed E-state index contributed by atoms with van der Waals surface area (Å²) in [6, 6.07) is 15.7. The summed E-state index contributed by atoms with van der Waals surface area (Å²) in [6.07, 6.45) is 0.445. The smallest absolute Gasteiger partial charge is 0.169 e. The Balaban J connectivity index is 2.29. The lowest BCUT2D eigenvalue weighted by atomic mass is 9.97. The molecule has 2 heteroatoms. The average molecular weight is 239 g/mol. The van der Waals surface area contributed by atoms with E-state index in [1.807, 2.05) is 62.5 Å². The molecular weight excluding hydrogens is 222 g/mol. The first-order chi connectivity index (χ1) is 8.72. The lowest BCUT2D eigenvalue weighted by Crippen LogP contribution is -2.09. The third-order valence-electron chi connectivity index (χ3n) is 3.03. The number of anilines is 1. The van der Waals surface area contributed by atoms with Crippen LogP contribution in [0.4, 0.5) is 5.69 Å². The van der Waals surface area contributed by atoms with E-state index in [1.54, 1.807) is 0 Å². The van der Waals surface area contributed by atoms with Crippen molar-refractivity contribution in [1.82, 2.24) is 0 Å². The van der Waals surface area contributed by atoms with Crippen LogP contribution in [0.15, 0.2) is 48.5 Å². The molecule has 0 bridgehead atoms. The lowest BCUT2D eigenvalue weighted by Gasteiger charge is -2.11. The molecule has 0 aromatic heterocycles. The Labute approximate surface area is 108 Å². The molecule has 2 aromatic rings. The zero-order valence-electron chi connectivity index (χ0n) is 10.7. The minimum Gasteiger partial charge on any atom is -0.388 e. The Morgan fingerprint density at radius 1 is 1.06 bits per heavy atom. The molecule has 0 fully saturated rings. The number of Topliss-reactive ketones (excluding diaryl/α,β-unsaturated/α-hetero) is 1. The van der Waals surface area contributed by atoms with Crippen molar-refractivity contribution in [3.05, 3.63) is 65.2 Å². The van der Waals surface area contributed by atoms with Crippen LogP contribution in [0.2, 0.25) is 0 Å². The van der Waals surface area contributed by atoms with Crippen molar-refractivity contribution in [2.75, 3.05) is 12.4 Å². The first-order valence-electron chi connectivity index (χ1n) is 6.07. The molecule has 0 aliphatic rings. The van der Waals surface area contributed by atoms with Gasteiger partial charge in [-0.15, -0.1) is 0 Å². The van der Waals surface area contributed by atoms with Crippen LogP contribution in [-0.2, 0) is 6.42 Å². The number of carbonyl (C=O) groups is 1. The summed E-state index contributed by atoms with van der Waals surface area (Å²) in [5.41, 5.74) is 3.76. The Bertz CT molecular complexity index is 546.